The summed E-state index contributed by atoms with van der Waals surface area (Å²) < 4.78 is 73.9. The Morgan fingerprint density at radius 2 is 1.69 bits per heavy atom. The molecule has 0 aromatic heterocycles. The van der Waals surface area contributed by atoms with Crippen molar-refractivity contribution in [2.24, 2.45) is 0 Å². The third-order valence-corrected chi connectivity index (χ3v) is 3.56. The molecule has 1 rings (SSSR count). The molecular weight excluding hydrogens is 262 g/mol. The van der Waals surface area contributed by atoms with Gasteiger partial charge in [0.25, 0.3) is 0 Å². The van der Waals surface area contributed by atoms with Crippen molar-refractivity contribution in [2.45, 2.75) is 29.3 Å². The molecule has 0 aromatic rings. The molecule has 2 nitrogen and oxygen atoms in total. The first-order valence-corrected chi connectivity index (χ1v) is 4.93. The highest BCUT2D eigenvalue weighted by Crippen LogP contribution is 2.69. The molecule has 0 N–H and O–H groups in total. The summed E-state index contributed by atoms with van der Waals surface area (Å²) in [4.78, 5) is 10.9. The molecule has 1 aliphatic heterocycles. The summed E-state index contributed by atoms with van der Waals surface area (Å²) in [5, 5.41) is -2.24. The van der Waals surface area contributed by atoms with Gasteiger partial charge in [-0.15, -0.1) is 11.8 Å². The number of halogens is 6. The van der Waals surface area contributed by atoms with Crippen molar-refractivity contribution >= 4 is 17.7 Å². The quantitative estimate of drug-likeness (QED) is 0.437. The Hall–Kier alpha value is -0.600. The third-order valence-electron chi connectivity index (χ3n) is 1.96. The van der Waals surface area contributed by atoms with Crippen molar-refractivity contribution < 1.29 is 35.9 Å². The van der Waals surface area contributed by atoms with Crippen LogP contribution in [0.4, 0.5) is 26.3 Å². The maximum Gasteiger partial charge on any atom is 0.413 e. The van der Waals surface area contributed by atoms with Gasteiger partial charge in [-0.25, -0.2) is 0 Å². The SMILES string of the molecule is CCOC(=O)C1SC1(C(F)(F)F)C(F)(F)F. The fourth-order valence-corrected chi connectivity index (χ4v) is 2.27. The average molecular weight is 268 g/mol. The highest BCUT2D eigenvalue weighted by Gasteiger charge is 2.87. The van der Waals surface area contributed by atoms with Gasteiger partial charge in [0.05, 0.1) is 6.61 Å². The highest BCUT2D eigenvalue weighted by atomic mass is 32.2. The van der Waals surface area contributed by atoms with E-state index in [9.17, 15) is 31.1 Å². The zero-order valence-electron chi connectivity index (χ0n) is 7.78. The lowest BCUT2D eigenvalue weighted by atomic mass is 10.0. The van der Waals surface area contributed by atoms with Crippen LogP contribution >= 0.6 is 11.8 Å². The molecule has 1 saturated heterocycles. The minimum Gasteiger partial charge on any atom is -0.465 e. The van der Waals surface area contributed by atoms with Crippen molar-refractivity contribution in [1.29, 1.82) is 0 Å². The molecule has 0 spiro atoms. The summed E-state index contributed by atoms with van der Waals surface area (Å²) in [6.07, 6.45) is -11.0. The Labute approximate surface area is 90.3 Å². The van der Waals surface area contributed by atoms with Crippen molar-refractivity contribution in [1.82, 2.24) is 0 Å². The predicted octanol–water partition coefficient (Wildman–Crippen LogP) is 2.53. The first-order chi connectivity index (χ1) is 7.08. The Morgan fingerprint density at radius 1 is 1.25 bits per heavy atom. The van der Waals surface area contributed by atoms with Gasteiger partial charge in [-0.05, 0) is 6.92 Å². The lowest BCUT2D eigenvalue weighted by molar-refractivity contribution is -0.253. The van der Waals surface area contributed by atoms with Crippen molar-refractivity contribution in [3.05, 3.63) is 0 Å². The molecule has 0 saturated carbocycles. The van der Waals surface area contributed by atoms with E-state index in [1.54, 1.807) is 0 Å². The molecular formula is C7H6F6O2S. The summed E-state index contributed by atoms with van der Waals surface area (Å²) in [7, 11) is 0. The standard InChI is InChI=1S/C7H6F6O2S/c1-2-15-4(14)3-5(16-3,6(8,9)10)7(11,12)13/h3H,2H2,1H3. The number of carbonyl (C=O) groups is 1. The van der Waals surface area contributed by atoms with E-state index >= 15 is 0 Å². The minimum absolute atomic E-state index is 0.262. The van der Waals surface area contributed by atoms with Crippen LogP contribution in [0.3, 0.4) is 0 Å². The Balaban J connectivity index is 2.94. The summed E-state index contributed by atoms with van der Waals surface area (Å²) in [6, 6.07) is 0. The molecule has 0 radical (unpaired) electrons. The topological polar surface area (TPSA) is 26.3 Å². The molecule has 1 unspecified atom stereocenters. The van der Waals surface area contributed by atoms with Crippen LogP contribution in [-0.4, -0.2) is 34.9 Å². The van der Waals surface area contributed by atoms with Gasteiger partial charge in [0.15, 0.2) is 0 Å². The normalized spacial score (nSPS) is 24.1. The monoisotopic (exact) mass is 268 g/mol. The van der Waals surface area contributed by atoms with Crippen molar-refractivity contribution in [2.75, 3.05) is 6.61 Å². The number of hydrogen-bond acceptors (Lipinski definition) is 3. The van der Waals surface area contributed by atoms with Gasteiger partial charge in [0, 0.05) is 0 Å². The molecule has 94 valence electrons. The molecule has 0 amide bonds. The van der Waals surface area contributed by atoms with Gasteiger partial charge in [-0.1, -0.05) is 0 Å². The number of esters is 1. The van der Waals surface area contributed by atoms with E-state index in [1.807, 2.05) is 0 Å². The van der Waals surface area contributed by atoms with E-state index in [1.165, 1.54) is 6.92 Å². The maximum atomic E-state index is 12.3. The van der Waals surface area contributed by atoms with Crippen LogP contribution in [0.25, 0.3) is 0 Å². The minimum atomic E-state index is -5.52. The van der Waals surface area contributed by atoms with Crippen LogP contribution in [0.5, 0.6) is 0 Å². The number of carbonyl (C=O) groups excluding carboxylic acids is 1. The summed E-state index contributed by atoms with van der Waals surface area (Å²) >= 11 is -0.479. The first-order valence-electron chi connectivity index (χ1n) is 4.06. The molecule has 1 atom stereocenters. The zero-order valence-corrected chi connectivity index (χ0v) is 8.59. The summed E-state index contributed by atoms with van der Waals surface area (Å²) in [5.41, 5.74) is 0. The van der Waals surface area contributed by atoms with Crippen LogP contribution in [0.15, 0.2) is 0 Å². The molecule has 0 aromatic carbocycles. The van der Waals surface area contributed by atoms with E-state index in [0.29, 0.717) is 0 Å². The molecule has 0 bridgehead atoms. The molecule has 1 fully saturated rings. The van der Waals surface area contributed by atoms with Gasteiger partial charge in [-0.3, -0.25) is 4.79 Å². The van der Waals surface area contributed by atoms with Crippen LogP contribution in [0.2, 0.25) is 0 Å². The van der Waals surface area contributed by atoms with Crippen molar-refractivity contribution in [3.63, 3.8) is 0 Å². The molecule has 1 aliphatic rings. The Morgan fingerprint density at radius 3 is 1.94 bits per heavy atom. The van der Waals surface area contributed by atoms with Gasteiger partial charge in [0.2, 0.25) is 4.75 Å². The number of thioether (sulfide) groups is 1. The first kappa shape index (κ1) is 13.5. The van der Waals surface area contributed by atoms with Crippen LogP contribution in [0, 0.1) is 0 Å². The number of rotatable bonds is 2. The summed E-state index contributed by atoms with van der Waals surface area (Å²) in [6.45, 7) is 1.04. The van der Waals surface area contributed by atoms with E-state index in [0.717, 1.165) is 0 Å². The molecule has 9 heteroatoms. The number of hydrogen-bond donors (Lipinski definition) is 0. The molecule has 0 aliphatic carbocycles. The summed E-state index contributed by atoms with van der Waals surface area (Å²) in [5.74, 6) is -1.48. The largest absolute Gasteiger partial charge is 0.465 e. The van der Waals surface area contributed by atoms with Crippen LogP contribution in [-0.2, 0) is 9.53 Å². The molecule has 1 heterocycles. The maximum absolute atomic E-state index is 12.3. The lowest BCUT2D eigenvalue weighted by Gasteiger charge is -2.21. The van der Waals surface area contributed by atoms with Crippen LogP contribution in [0.1, 0.15) is 6.92 Å². The third kappa shape index (κ3) is 1.85. The second kappa shape index (κ2) is 3.71. The second-order valence-corrected chi connectivity index (χ2v) is 4.33. The second-order valence-electron chi connectivity index (χ2n) is 2.98. The average Bonchev–Trinajstić information content (AvgIpc) is 2.76. The highest BCUT2D eigenvalue weighted by molar-refractivity contribution is 8.09. The molecule has 16 heavy (non-hydrogen) atoms. The van der Waals surface area contributed by atoms with Gasteiger partial charge < -0.3 is 4.74 Å². The number of ether oxygens (including phenoxy) is 1. The Kier molecular flexibility index (Phi) is 3.12. The fourth-order valence-electron chi connectivity index (χ4n) is 1.18. The van der Waals surface area contributed by atoms with Crippen molar-refractivity contribution in [3.8, 4) is 0 Å². The fraction of sp³-hybridized carbons (Fsp3) is 0.857. The van der Waals surface area contributed by atoms with Crippen LogP contribution < -0.4 is 0 Å². The van der Waals surface area contributed by atoms with Gasteiger partial charge >= 0.3 is 18.3 Å². The van der Waals surface area contributed by atoms with E-state index in [2.05, 4.69) is 4.74 Å². The van der Waals surface area contributed by atoms with Gasteiger partial charge in [0.1, 0.15) is 5.25 Å². The smallest absolute Gasteiger partial charge is 0.413 e. The lowest BCUT2D eigenvalue weighted by Crippen LogP contribution is -2.49. The van der Waals surface area contributed by atoms with E-state index in [-0.39, 0.29) is 6.61 Å². The number of alkyl halides is 6. The predicted molar refractivity (Wildman–Crippen MR) is 42.9 cm³/mol. The Bertz CT molecular complexity index is 282. The zero-order chi connectivity index (χ0) is 12.8. The van der Waals surface area contributed by atoms with E-state index < -0.39 is 40.1 Å². The van der Waals surface area contributed by atoms with E-state index in [4.69, 9.17) is 0 Å². The van der Waals surface area contributed by atoms with Gasteiger partial charge in [-0.2, -0.15) is 26.3 Å².